The number of fused-ring (bicyclic) bond motifs is 1. The number of rotatable bonds is 5. The fraction of sp³-hybridized carbons (Fsp3) is 0.500. The maximum Gasteiger partial charge on any atom is 0.209 e. The lowest BCUT2D eigenvalue weighted by Crippen LogP contribution is -2.27. The molecule has 6 heteroatoms. The van der Waals surface area contributed by atoms with Crippen LogP contribution in [0.1, 0.15) is 36.8 Å². The van der Waals surface area contributed by atoms with E-state index in [1.807, 2.05) is 12.1 Å². The smallest absolute Gasteiger partial charge is 0.209 e. The molecular formula is C16H23N3O2S. The molecule has 1 aromatic carbocycles. The van der Waals surface area contributed by atoms with Gasteiger partial charge in [-0.05, 0) is 55.0 Å². The summed E-state index contributed by atoms with van der Waals surface area (Å²) in [5, 5.41) is 9.84. The Morgan fingerprint density at radius 3 is 2.91 bits per heavy atom. The third kappa shape index (κ3) is 3.34. The second-order valence-electron chi connectivity index (χ2n) is 6.23. The average Bonchev–Trinajstić information content (AvgIpc) is 3.12. The molecule has 3 rings (SSSR count). The lowest BCUT2D eigenvalue weighted by molar-refractivity contribution is 0.520. The van der Waals surface area contributed by atoms with E-state index in [9.17, 15) is 8.42 Å². The van der Waals surface area contributed by atoms with Gasteiger partial charge >= 0.3 is 0 Å². The maximum absolute atomic E-state index is 11.1. The molecule has 1 fully saturated rings. The van der Waals surface area contributed by atoms with Crippen molar-refractivity contribution in [2.45, 2.75) is 38.1 Å². The highest BCUT2D eigenvalue weighted by Crippen LogP contribution is 2.31. The number of nitrogens with one attached hydrogen (secondary N) is 2. The molecule has 4 N–H and O–H groups in total. The fourth-order valence-electron chi connectivity index (χ4n) is 3.34. The minimum atomic E-state index is -3.42. The number of sulfonamides is 1. The molecule has 2 heterocycles. The predicted molar refractivity (Wildman–Crippen MR) is 89.4 cm³/mol. The summed E-state index contributed by atoms with van der Waals surface area (Å²) in [6.45, 7) is 3.35. The van der Waals surface area contributed by atoms with Crippen LogP contribution >= 0.6 is 0 Å². The predicted octanol–water partition coefficient (Wildman–Crippen LogP) is 1.85. The Balaban J connectivity index is 1.88. The molecule has 120 valence electrons. The van der Waals surface area contributed by atoms with Gasteiger partial charge < -0.3 is 10.3 Å². The van der Waals surface area contributed by atoms with Crippen LogP contribution in [0.25, 0.3) is 10.9 Å². The minimum absolute atomic E-state index is 0.0159. The van der Waals surface area contributed by atoms with E-state index in [0.29, 0.717) is 18.4 Å². The van der Waals surface area contributed by atoms with E-state index in [-0.39, 0.29) is 5.75 Å². The Morgan fingerprint density at radius 1 is 1.41 bits per heavy atom. The highest BCUT2D eigenvalue weighted by atomic mass is 32.2. The number of hydrogen-bond acceptors (Lipinski definition) is 3. The summed E-state index contributed by atoms with van der Waals surface area (Å²) in [5.74, 6) is 0.419. The van der Waals surface area contributed by atoms with Gasteiger partial charge in [0.2, 0.25) is 10.0 Å². The van der Waals surface area contributed by atoms with E-state index in [4.69, 9.17) is 5.14 Å². The summed E-state index contributed by atoms with van der Waals surface area (Å²) in [5.41, 5.74) is 3.40. The molecule has 22 heavy (non-hydrogen) atoms. The van der Waals surface area contributed by atoms with Crippen LogP contribution < -0.4 is 10.5 Å². The lowest BCUT2D eigenvalue weighted by Gasteiger charge is -2.19. The summed E-state index contributed by atoms with van der Waals surface area (Å²) >= 11 is 0. The molecule has 0 saturated carbocycles. The van der Waals surface area contributed by atoms with Gasteiger partial charge in [-0.15, -0.1) is 0 Å². The van der Waals surface area contributed by atoms with Crippen LogP contribution in [0.2, 0.25) is 0 Å². The zero-order valence-electron chi connectivity index (χ0n) is 12.8. The molecule has 1 aliphatic heterocycles. The van der Waals surface area contributed by atoms with Gasteiger partial charge in [-0.25, -0.2) is 13.6 Å². The highest BCUT2D eigenvalue weighted by molar-refractivity contribution is 7.89. The van der Waals surface area contributed by atoms with Gasteiger partial charge in [-0.1, -0.05) is 13.0 Å². The number of hydrogen-bond donors (Lipinski definition) is 3. The van der Waals surface area contributed by atoms with Crippen LogP contribution in [0.5, 0.6) is 0 Å². The standard InChI is InChI=1S/C16H23N3O2S/c1-11(15-3-2-7-18-15)14-10-19-16-5-4-12(9-13(14)16)6-8-22(17,20)21/h4-5,9-11,15,18-19H,2-3,6-8H2,1H3,(H2,17,20,21). The number of H-pyrrole nitrogens is 1. The Hall–Kier alpha value is -1.37. The van der Waals surface area contributed by atoms with Crippen molar-refractivity contribution in [2.75, 3.05) is 12.3 Å². The molecular weight excluding hydrogens is 298 g/mol. The third-order valence-corrected chi connectivity index (χ3v) is 5.42. The van der Waals surface area contributed by atoms with Gasteiger partial charge in [0.05, 0.1) is 5.75 Å². The number of nitrogens with two attached hydrogens (primary N) is 1. The van der Waals surface area contributed by atoms with Crippen LogP contribution in [0.15, 0.2) is 24.4 Å². The largest absolute Gasteiger partial charge is 0.361 e. The van der Waals surface area contributed by atoms with Crippen molar-refractivity contribution in [3.8, 4) is 0 Å². The van der Waals surface area contributed by atoms with Gasteiger partial charge in [-0.2, -0.15) is 0 Å². The van der Waals surface area contributed by atoms with Crippen molar-refractivity contribution in [3.05, 3.63) is 35.5 Å². The topological polar surface area (TPSA) is 88.0 Å². The molecule has 2 atom stereocenters. The van der Waals surface area contributed by atoms with Gasteiger partial charge in [0.25, 0.3) is 0 Å². The molecule has 0 spiro atoms. The van der Waals surface area contributed by atoms with Crippen LogP contribution in [-0.2, 0) is 16.4 Å². The van der Waals surface area contributed by atoms with Crippen molar-refractivity contribution in [1.29, 1.82) is 0 Å². The zero-order chi connectivity index (χ0) is 15.7. The van der Waals surface area contributed by atoms with E-state index in [1.54, 1.807) is 0 Å². The van der Waals surface area contributed by atoms with E-state index in [1.165, 1.54) is 23.8 Å². The van der Waals surface area contributed by atoms with Gasteiger partial charge in [0.1, 0.15) is 0 Å². The second kappa shape index (κ2) is 6.02. The molecule has 1 aliphatic rings. The fourth-order valence-corrected chi connectivity index (χ4v) is 3.86. The quantitative estimate of drug-likeness (QED) is 0.785. The monoisotopic (exact) mass is 321 g/mol. The molecule has 0 amide bonds. The Kier molecular flexibility index (Phi) is 4.25. The molecule has 2 aromatic rings. The van der Waals surface area contributed by atoms with Gasteiger partial charge in [0.15, 0.2) is 0 Å². The molecule has 1 aromatic heterocycles. The summed E-state index contributed by atoms with van der Waals surface area (Å²) in [7, 11) is -3.42. The molecule has 0 bridgehead atoms. The van der Waals surface area contributed by atoms with Crippen molar-refractivity contribution in [1.82, 2.24) is 10.3 Å². The first kappa shape index (κ1) is 15.5. The van der Waals surface area contributed by atoms with Crippen LogP contribution in [0.4, 0.5) is 0 Å². The van der Waals surface area contributed by atoms with Gasteiger partial charge in [0, 0.05) is 23.1 Å². The molecule has 0 aliphatic carbocycles. The Morgan fingerprint density at radius 2 is 2.23 bits per heavy atom. The first-order valence-corrected chi connectivity index (χ1v) is 9.49. The molecule has 5 nitrogen and oxygen atoms in total. The first-order valence-electron chi connectivity index (χ1n) is 7.78. The van der Waals surface area contributed by atoms with Crippen molar-refractivity contribution in [3.63, 3.8) is 0 Å². The molecule has 0 radical (unpaired) electrons. The summed E-state index contributed by atoms with van der Waals surface area (Å²) < 4.78 is 22.3. The van der Waals surface area contributed by atoms with Crippen molar-refractivity contribution < 1.29 is 8.42 Å². The van der Waals surface area contributed by atoms with Crippen molar-refractivity contribution >= 4 is 20.9 Å². The summed E-state index contributed by atoms with van der Waals surface area (Å²) in [4.78, 5) is 3.32. The number of primary sulfonamides is 1. The maximum atomic E-state index is 11.1. The van der Waals surface area contributed by atoms with Crippen LogP contribution in [0, 0.1) is 0 Å². The highest BCUT2D eigenvalue weighted by Gasteiger charge is 2.24. The molecule has 1 saturated heterocycles. The zero-order valence-corrected chi connectivity index (χ0v) is 13.6. The van der Waals surface area contributed by atoms with E-state index in [2.05, 4.69) is 29.5 Å². The van der Waals surface area contributed by atoms with E-state index < -0.39 is 10.0 Å². The summed E-state index contributed by atoms with van der Waals surface area (Å²) in [6, 6.07) is 6.60. The summed E-state index contributed by atoms with van der Waals surface area (Å²) in [6.07, 6.45) is 4.98. The lowest BCUT2D eigenvalue weighted by atomic mass is 9.91. The normalized spacial score (nSPS) is 20.5. The number of aromatic nitrogens is 1. The molecule has 2 unspecified atom stereocenters. The number of aryl methyl sites for hydroxylation is 1. The van der Waals surface area contributed by atoms with Crippen molar-refractivity contribution in [2.24, 2.45) is 5.14 Å². The Bertz CT molecular complexity index is 761. The van der Waals surface area contributed by atoms with E-state index in [0.717, 1.165) is 17.6 Å². The average molecular weight is 321 g/mol. The van der Waals surface area contributed by atoms with Crippen LogP contribution in [-0.4, -0.2) is 31.7 Å². The van der Waals surface area contributed by atoms with Crippen LogP contribution in [0.3, 0.4) is 0 Å². The Labute approximate surface area is 131 Å². The van der Waals surface area contributed by atoms with Gasteiger partial charge in [-0.3, -0.25) is 0 Å². The number of aromatic amines is 1. The third-order valence-electron chi connectivity index (χ3n) is 4.65. The first-order chi connectivity index (χ1) is 10.4. The van der Waals surface area contributed by atoms with E-state index >= 15 is 0 Å². The SMILES string of the molecule is CC(c1c[nH]c2ccc(CCS(N)(=O)=O)cc12)C1CCCN1. The minimum Gasteiger partial charge on any atom is -0.361 e. The number of benzene rings is 1. The second-order valence-corrected chi connectivity index (χ2v) is 7.97.